The molecule has 0 N–H and O–H groups in total. The van der Waals surface area contributed by atoms with Crippen molar-refractivity contribution in [2.24, 2.45) is 11.8 Å². The minimum Gasteiger partial charge on any atom is -0.0810 e. The number of hydrogen-bond donors (Lipinski definition) is 0. The number of hydrogen-bond acceptors (Lipinski definition) is 0. The van der Waals surface area contributed by atoms with Crippen molar-refractivity contribution in [1.82, 2.24) is 0 Å². The summed E-state index contributed by atoms with van der Waals surface area (Å²) in [6.07, 6.45) is 12.2. The molecule has 9 heavy (non-hydrogen) atoms. The molecule has 0 heteroatoms. The van der Waals surface area contributed by atoms with Crippen LogP contribution in [0.25, 0.3) is 0 Å². The molecule has 50 valence electrons. The largest absolute Gasteiger partial charge is 0.0810 e. The van der Waals surface area contributed by atoms with Gasteiger partial charge in [-0.2, -0.15) is 0 Å². The second-order valence-electron chi connectivity index (χ2n) is 3.43. The zero-order valence-corrected chi connectivity index (χ0v) is 5.84. The van der Waals surface area contributed by atoms with Crippen molar-refractivity contribution < 1.29 is 0 Å². The van der Waals surface area contributed by atoms with Crippen molar-refractivity contribution in [3.8, 4) is 0 Å². The van der Waals surface area contributed by atoms with Gasteiger partial charge < -0.3 is 0 Å². The molecule has 0 aromatic rings. The van der Waals surface area contributed by atoms with Gasteiger partial charge in [0.2, 0.25) is 0 Å². The topological polar surface area (TPSA) is 0 Å². The third-order valence-corrected chi connectivity index (χ3v) is 2.54. The molecule has 0 radical (unpaired) electrons. The van der Waals surface area contributed by atoms with Gasteiger partial charge in [0, 0.05) is 0 Å². The smallest absolute Gasteiger partial charge is 0.00504 e. The molecular weight excluding hydrogens is 108 g/mol. The van der Waals surface area contributed by atoms with Crippen LogP contribution in [0.15, 0.2) is 12.2 Å². The summed E-state index contributed by atoms with van der Waals surface area (Å²) in [7, 11) is 0. The van der Waals surface area contributed by atoms with E-state index in [1.807, 2.05) is 0 Å². The molecule has 0 saturated heterocycles. The van der Waals surface area contributed by atoms with E-state index in [1.165, 1.54) is 32.1 Å². The molecule has 0 unspecified atom stereocenters. The molecule has 0 amide bonds. The van der Waals surface area contributed by atoms with E-state index < -0.39 is 0 Å². The Morgan fingerprint density at radius 2 is 1.78 bits per heavy atom. The summed E-state index contributed by atoms with van der Waals surface area (Å²) in [6, 6.07) is 0. The first-order valence-corrected chi connectivity index (χ1v) is 4.13. The third kappa shape index (κ3) is 1.35. The van der Waals surface area contributed by atoms with Gasteiger partial charge in [-0.1, -0.05) is 37.8 Å². The Morgan fingerprint density at radius 3 is 2.33 bits per heavy atom. The van der Waals surface area contributed by atoms with E-state index in [9.17, 15) is 0 Å². The summed E-state index contributed by atoms with van der Waals surface area (Å²) in [5, 5.41) is 0. The van der Waals surface area contributed by atoms with Gasteiger partial charge in [-0.3, -0.25) is 0 Å². The van der Waals surface area contributed by atoms with Crippen LogP contribution in [0.3, 0.4) is 0 Å². The van der Waals surface area contributed by atoms with Gasteiger partial charge in [0.15, 0.2) is 0 Å². The van der Waals surface area contributed by atoms with Crippen molar-refractivity contribution >= 4 is 0 Å². The summed E-state index contributed by atoms with van der Waals surface area (Å²) in [6.45, 7) is 0. The van der Waals surface area contributed by atoms with E-state index in [0.29, 0.717) is 0 Å². The van der Waals surface area contributed by atoms with E-state index in [0.717, 1.165) is 11.8 Å². The highest BCUT2D eigenvalue weighted by Crippen LogP contribution is 2.34. The minimum atomic E-state index is 0.924. The summed E-state index contributed by atoms with van der Waals surface area (Å²) in [4.78, 5) is 0. The van der Waals surface area contributed by atoms with Crippen LogP contribution in [-0.4, -0.2) is 0 Å². The lowest BCUT2D eigenvalue weighted by Crippen LogP contribution is -1.93. The lowest BCUT2D eigenvalue weighted by molar-refractivity contribution is 0.486. The fourth-order valence-corrected chi connectivity index (χ4v) is 1.87. The van der Waals surface area contributed by atoms with E-state index in [1.54, 1.807) is 0 Å². The van der Waals surface area contributed by atoms with Crippen LogP contribution < -0.4 is 0 Å². The molecule has 1 fully saturated rings. The average Bonchev–Trinajstić information content (AvgIpc) is 2.46. The predicted octanol–water partition coefficient (Wildman–Crippen LogP) is 2.75. The molecule has 0 atom stereocenters. The van der Waals surface area contributed by atoms with Crippen molar-refractivity contribution in [2.45, 2.75) is 32.1 Å². The summed E-state index contributed by atoms with van der Waals surface area (Å²) >= 11 is 0. The van der Waals surface area contributed by atoms with E-state index in [2.05, 4.69) is 12.2 Å². The summed E-state index contributed by atoms with van der Waals surface area (Å²) in [5.41, 5.74) is 0. The Kier molecular flexibility index (Phi) is 1.33. The zero-order chi connectivity index (χ0) is 6.10. The zero-order valence-electron chi connectivity index (χ0n) is 5.84. The van der Waals surface area contributed by atoms with E-state index in [4.69, 9.17) is 0 Å². The first-order chi connectivity index (χ1) is 4.45. The molecule has 2 rings (SSSR count). The van der Waals surface area contributed by atoms with E-state index >= 15 is 0 Å². The van der Waals surface area contributed by atoms with Crippen molar-refractivity contribution in [2.75, 3.05) is 0 Å². The third-order valence-electron chi connectivity index (χ3n) is 2.54. The standard InChI is InChI=1S/C9H14/c1-2-4-8(3-1)7-9-5-6-9/h5-6,8-9H,1-4,7H2. The molecule has 0 aliphatic heterocycles. The van der Waals surface area contributed by atoms with Crippen LogP contribution in [0.5, 0.6) is 0 Å². The molecule has 0 bridgehead atoms. The number of allylic oxidation sites excluding steroid dienone is 2. The Bertz CT molecular complexity index is 112. The second-order valence-corrected chi connectivity index (χ2v) is 3.43. The predicted molar refractivity (Wildman–Crippen MR) is 39.2 cm³/mol. The van der Waals surface area contributed by atoms with Gasteiger partial charge in [0.1, 0.15) is 0 Å². The Labute approximate surface area is 57.0 Å². The van der Waals surface area contributed by atoms with Gasteiger partial charge >= 0.3 is 0 Å². The molecule has 2 aliphatic rings. The van der Waals surface area contributed by atoms with Crippen LogP contribution in [0.2, 0.25) is 0 Å². The monoisotopic (exact) mass is 122 g/mol. The highest BCUT2D eigenvalue weighted by atomic mass is 14.3. The highest BCUT2D eigenvalue weighted by Gasteiger charge is 2.20. The molecule has 0 aromatic heterocycles. The maximum atomic E-state index is 2.33. The molecule has 0 nitrogen and oxygen atoms in total. The molecular formula is C9H14. The maximum absolute atomic E-state index is 2.33. The van der Waals surface area contributed by atoms with Crippen LogP contribution in [0.4, 0.5) is 0 Å². The Morgan fingerprint density at radius 1 is 1.11 bits per heavy atom. The Balaban J connectivity index is 1.71. The van der Waals surface area contributed by atoms with Gasteiger partial charge in [0.05, 0.1) is 0 Å². The Hall–Kier alpha value is -0.260. The molecule has 0 heterocycles. The van der Waals surface area contributed by atoms with Crippen molar-refractivity contribution in [1.29, 1.82) is 0 Å². The van der Waals surface area contributed by atoms with Crippen LogP contribution >= 0.6 is 0 Å². The molecule has 2 aliphatic carbocycles. The molecule has 1 saturated carbocycles. The van der Waals surface area contributed by atoms with Gasteiger partial charge in [-0.15, -0.1) is 0 Å². The lowest BCUT2D eigenvalue weighted by atomic mass is 10.0. The quantitative estimate of drug-likeness (QED) is 0.494. The first kappa shape index (κ1) is 5.52. The summed E-state index contributed by atoms with van der Waals surface area (Å²) in [5.74, 6) is 2.01. The maximum Gasteiger partial charge on any atom is -0.00504 e. The van der Waals surface area contributed by atoms with E-state index in [-0.39, 0.29) is 0 Å². The minimum absolute atomic E-state index is 0.924. The van der Waals surface area contributed by atoms with Gasteiger partial charge in [0.25, 0.3) is 0 Å². The highest BCUT2D eigenvalue weighted by molar-refractivity contribution is 5.13. The second kappa shape index (κ2) is 2.17. The fraction of sp³-hybridized carbons (Fsp3) is 0.778. The summed E-state index contributed by atoms with van der Waals surface area (Å²) < 4.78 is 0. The van der Waals surface area contributed by atoms with Crippen molar-refractivity contribution in [3.63, 3.8) is 0 Å². The first-order valence-electron chi connectivity index (χ1n) is 4.13. The van der Waals surface area contributed by atoms with Crippen molar-refractivity contribution in [3.05, 3.63) is 12.2 Å². The van der Waals surface area contributed by atoms with Crippen LogP contribution in [0.1, 0.15) is 32.1 Å². The van der Waals surface area contributed by atoms with Crippen LogP contribution in [-0.2, 0) is 0 Å². The fourth-order valence-electron chi connectivity index (χ4n) is 1.87. The SMILES string of the molecule is C1=CC1CC1CCCC1. The van der Waals surface area contributed by atoms with Gasteiger partial charge in [-0.05, 0) is 18.3 Å². The number of rotatable bonds is 2. The normalized spacial score (nSPS) is 27.6. The molecule has 0 aromatic carbocycles. The lowest BCUT2D eigenvalue weighted by Gasteiger charge is -2.05. The average molecular weight is 122 g/mol. The van der Waals surface area contributed by atoms with Crippen LogP contribution in [0, 0.1) is 11.8 Å². The van der Waals surface area contributed by atoms with Gasteiger partial charge in [-0.25, -0.2) is 0 Å². The molecule has 0 spiro atoms.